The summed E-state index contributed by atoms with van der Waals surface area (Å²) >= 11 is 0. The zero-order valence-corrected chi connectivity index (χ0v) is 15.2. The van der Waals surface area contributed by atoms with Gasteiger partial charge in [-0.2, -0.15) is 0 Å². The number of hydrogen-bond donors (Lipinski definition) is 0. The van der Waals surface area contributed by atoms with E-state index in [2.05, 4.69) is 9.97 Å². The molecule has 126 valence electrons. The second-order valence-electron chi connectivity index (χ2n) is 6.40. The van der Waals surface area contributed by atoms with E-state index in [1.54, 1.807) is 29.2 Å². The van der Waals surface area contributed by atoms with E-state index in [0.717, 1.165) is 17.1 Å². The molecule has 1 aliphatic heterocycles. The summed E-state index contributed by atoms with van der Waals surface area (Å²) in [7, 11) is -2.49. The summed E-state index contributed by atoms with van der Waals surface area (Å²) < 4.78 is 12.4. The zero-order chi connectivity index (χ0) is 17.5. The Labute approximate surface area is 141 Å². The van der Waals surface area contributed by atoms with Gasteiger partial charge in [0.05, 0.1) is 0 Å². The third kappa shape index (κ3) is 3.20. The van der Waals surface area contributed by atoms with Crippen LogP contribution in [0.5, 0.6) is 0 Å². The molecular weight excluding hydrogens is 323 g/mol. The molecule has 3 rings (SSSR count). The lowest BCUT2D eigenvalue weighted by Gasteiger charge is -2.20. The average molecular weight is 344 g/mol. The summed E-state index contributed by atoms with van der Waals surface area (Å²) in [5, 5.41) is 0. The van der Waals surface area contributed by atoms with Crippen LogP contribution in [0.2, 0.25) is 0 Å². The van der Waals surface area contributed by atoms with Crippen molar-refractivity contribution in [2.75, 3.05) is 36.2 Å². The summed E-state index contributed by atoms with van der Waals surface area (Å²) in [6, 6.07) is 9.13. The van der Waals surface area contributed by atoms with Crippen LogP contribution in [-0.4, -0.2) is 42.4 Å². The molecule has 0 N–H and O–H groups in total. The van der Waals surface area contributed by atoms with E-state index in [-0.39, 0.29) is 6.03 Å². The number of carbonyl (C=O) groups is 1. The van der Waals surface area contributed by atoms with Gasteiger partial charge in [0.1, 0.15) is 18.4 Å². The highest BCUT2D eigenvalue weighted by molar-refractivity contribution is 7.69. The quantitative estimate of drug-likeness (QED) is 0.803. The number of hydrogen-bond acceptors (Lipinski definition) is 4. The van der Waals surface area contributed by atoms with E-state index >= 15 is 0 Å². The second kappa shape index (κ2) is 6.02. The predicted molar refractivity (Wildman–Crippen MR) is 97.1 cm³/mol. The van der Waals surface area contributed by atoms with E-state index in [1.165, 1.54) is 0 Å². The van der Waals surface area contributed by atoms with Gasteiger partial charge in [-0.25, -0.2) is 14.8 Å². The van der Waals surface area contributed by atoms with Crippen LogP contribution in [0.3, 0.4) is 0 Å². The normalized spacial score (nSPS) is 15.2. The fourth-order valence-corrected chi connectivity index (χ4v) is 3.57. The Bertz CT molecular complexity index is 846. The van der Waals surface area contributed by atoms with E-state index in [0.29, 0.717) is 24.3 Å². The topological polar surface area (TPSA) is 66.4 Å². The molecule has 0 aromatic carbocycles. The van der Waals surface area contributed by atoms with Crippen LogP contribution in [0.25, 0.3) is 0 Å². The summed E-state index contributed by atoms with van der Waals surface area (Å²) in [6.45, 7) is 8.26. The number of nitrogens with zero attached hydrogens (tertiary/aromatic N) is 4. The highest BCUT2D eigenvalue weighted by atomic mass is 31.2. The molecule has 2 aromatic rings. The number of aromatic nitrogens is 2. The van der Waals surface area contributed by atoms with Crippen LogP contribution in [0.15, 0.2) is 30.3 Å². The highest BCUT2D eigenvalue weighted by Crippen LogP contribution is 2.35. The fourth-order valence-electron chi connectivity index (χ4n) is 2.73. The Balaban J connectivity index is 1.93. The van der Waals surface area contributed by atoms with Crippen LogP contribution < -0.4 is 15.2 Å². The smallest absolute Gasteiger partial charge is 0.318 e. The number of rotatable bonds is 3. The third-order valence-electron chi connectivity index (χ3n) is 3.95. The first-order valence-electron chi connectivity index (χ1n) is 7.82. The Morgan fingerprint density at radius 1 is 1.00 bits per heavy atom. The lowest BCUT2D eigenvalue weighted by molar-refractivity contribution is 0.255. The summed E-state index contributed by atoms with van der Waals surface area (Å²) in [5.41, 5.74) is 2.92. The summed E-state index contributed by atoms with van der Waals surface area (Å²) in [6.07, 6.45) is 0. The molecule has 1 fully saturated rings. The van der Waals surface area contributed by atoms with E-state index in [9.17, 15) is 9.36 Å². The second-order valence-corrected chi connectivity index (χ2v) is 9.56. The van der Waals surface area contributed by atoms with Gasteiger partial charge in [0.2, 0.25) is 0 Å². The molecule has 0 radical (unpaired) electrons. The molecule has 2 aromatic heterocycles. The molecule has 3 heterocycles. The molecule has 0 aliphatic carbocycles. The maximum atomic E-state index is 12.8. The van der Waals surface area contributed by atoms with E-state index < -0.39 is 7.14 Å². The molecule has 2 amide bonds. The molecule has 1 saturated heterocycles. The van der Waals surface area contributed by atoms with Gasteiger partial charge >= 0.3 is 6.03 Å². The molecule has 24 heavy (non-hydrogen) atoms. The van der Waals surface area contributed by atoms with E-state index in [4.69, 9.17) is 0 Å². The van der Waals surface area contributed by atoms with Gasteiger partial charge in [0.25, 0.3) is 0 Å². The van der Waals surface area contributed by atoms with Crippen LogP contribution in [-0.2, 0) is 4.57 Å². The molecule has 1 aliphatic rings. The van der Waals surface area contributed by atoms with Crippen molar-refractivity contribution in [1.82, 2.24) is 9.97 Å². The largest absolute Gasteiger partial charge is 0.330 e. The Morgan fingerprint density at radius 2 is 1.71 bits per heavy atom. The van der Waals surface area contributed by atoms with Crippen LogP contribution in [0.1, 0.15) is 11.4 Å². The number of aryl methyl sites for hydroxylation is 2. The van der Waals surface area contributed by atoms with Crippen molar-refractivity contribution in [3.8, 4) is 0 Å². The number of pyridine rings is 2. The Morgan fingerprint density at radius 3 is 2.38 bits per heavy atom. The van der Waals surface area contributed by atoms with Gasteiger partial charge < -0.3 is 4.57 Å². The van der Waals surface area contributed by atoms with Crippen molar-refractivity contribution < 1.29 is 9.36 Å². The average Bonchev–Trinajstić information content (AvgIpc) is 2.87. The third-order valence-corrected chi connectivity index (χ3v) is 5.28. The molecule has 0 unspecified atom stereocenters. The molecule has 0 bridgehead atoms. The summed E-state index contributed by atoms with van der Waals surface area (Å²) in [4.78, 5) is 25.0. The maximum absolute atomic E-state index is 12.8. The fraction of sp³-hybridized carbons (Fsp3) is 0.353. The molecule has 0 atom stereocenters. The molecule has 0 saturated carbocycles. The van der Waals surface area contributed by atoms with Gasteiger partial charge in [-0.3, -0.25) is 9.80 Å². The first-order chi connectivity index (χ1) is 11.3. The van der Waals surface area contributed by atoms with E-state index in [1.807, 2.05) is 38.1 Å². The van der Waals surface area contributed by atoms with Crippen LogP contribution in [0.4, 0.5) is 16.3 Å². The van der Waals surface area contributed by atoms with Crippen LogP contribution in [0, 0.1) is 13.8 Å². The van der Waals surface area contributed by atoms with Crippen molar-refractivity contribution in [2.24, 2.45) is 0 Å². The molecule has 6 nitrogen and oxygen atoms in total. The first-order valence-corrected chi connectivity index (χ1v) is 10.4. The maximum Gasteiger partial charge on any atom is 0.330 e. The van der Waals surface area contributed by atoms with Gasteiger partial charge in [0.15, 0.2) is 0 Å². The molecule has 0 spiro atoms. The predicted octanol–water partition coefficient (Wildman–Crippen LogP) is 2.79. The van der Waals surface area contributed by atoms with Crippen molar-refractivity contribution in [3.05, 3.63) is 41.7 Å². The SMILES string of the molecule is Cc1cccc(N2CCN(c3cc(C)nc(P(C)(C)=O)c3)C2=O)n1. The van der Waals surface area contributed by atoms with Gasteiger partial charge in [-0.15, -0.1) is 0 Å². The molecular formula is C17H21N4O2P. The van der Waals surface area contributed by atoms with Crippen molar-refractivity contribution in [2.45, 2.75) is 13.8 Å². The van der Waals surface area contributed by atoms with Crippen molar-refractivity contribution in [3.63, 3.8) is 0 Å². The highest BCUT2D eigenvalue weighted by Gasteiger charge is 2.32. The summed E-state index contributed by atoms with van der Waals surface area (Å²) in [5.74, 6) is 0.658. The van der Waals surface area contributed by atoms with Gasteiger partial charge in [-0.1, -0.05) is 6.07 Å². The van der Waals surface area contributed by atoms with Crippen molar-refractivity contribution >= 4 is 30.1 Å². The first kappa shape index (κ1) is 16.7. The zero-order valence-electron chi connectivity index (χ0n) is 14.4. The minimum absolute atomic E-state index is 0.119. The van der Waals surface area contributed by atoms with Gasteiger partial charge in [0, 0.05) is 30.2 Å². The lowest BCUT2D eigenvalue weighted by atomic mass is 10.3. The van der Waals surface area contributed by atoms with Gasteiger partial charge in [-0.05, 0) is 51.4 Å². The van der Waals surface area contributed by atoms with Crippen molar-refractivity contribution in [1.29, 1.82) is 0 Å². The lowest BCUT2D eigenvalue weighted by Crippen LogP contribution is -2.33. The minimum Gasteiger partial charge on any atom is -0.318 e. The minimum atomic E-state index is -2.49. The van der Waals surface area contributed by atoms with Crippen LogP contribution >= 0.6 is 7.14 Å². The standard InChI is InChI=1S/C17H21N4O2P/c1-12-6-5-7-15(18-12)21-9-8-20(17(21)22)14-10-13(2)19-16(11-14)24(3,4)23/h5-7,10-11H,8-9H2,1-4H3. The molecule has 7 heteroatoms. The number of amides is 2. The number of urea groups is 1. The Kier molecular flexibility index (Phi) is 4.18. The monoisotopic (exact) mass is 344 g/mol. The Hall–Kier alpha value is -2.20. The number of carbonyl (C=O) groups excluding carboxylic acids is 1. The number of anilines is 2.